The summed E-state index contributed by atoms with van der Waals surface area (Å²) in [5, 5.41) is 12.8. The van der Waals surface area contributed by atoms with Crippen molar-refractivity contribution in [1.29, 1.82) is 0 Å². The lowest BCUT2D eigenvalue weighted by Crippen LogP contribution is -2.19. The molecule has 0 aliphatic rings. The van der Waals surface area contributed by atoms with E-state index in [2.05, 4.69) is 10.3 Å². The molecule has 0 aliphatic heterocycles. The molecule has 0 saturated heterocycles. The minimum atomic E-state index is -1.03. The number of rotatable bonds is 5. The average molecular weight is 473 g/mol. The fraction of sp³-hybridized carbons (Fsp3) is 0.120. The molecule has 0 bridgehead atoms. The molecule has 5 aromatic rings. The van der Waals surface area contributed by atoms with Crippen molar-refractivity contribution in [3.63, 3.8) is 0 Å². The lowest BCUT2D eigenvalue weighted by Gasteiger charge is -2.20. The van der Waals surface area contributed by atoms with Gasteiger partial charge in [0.15, 0.2) is 0 Å². The number of hydrogen-bond donors (Lipinski definition) is 3. The van der Waals surface area contributed by atoms with Crippen molar-refractivity contribution in [2.24, 2.45) is 0 Å². The van der Waals surface area contributed by atoms with Crippen LogP contribution >= 0.6 is 11.3 Å². The Hall–Kier alpha value is -4.24. The average Bonchev–Trinajstić information content (AvgIpc) is 3.18. The maximum absolute atomic E-state index is 13.0. The molecule has 34 heavy (non-hydrogen) atoms. The summed E-state index contributed by atoms with van der Waals surface area (Å²) in [6, 6.07) is 15.2. The van der Waals surface area contributed by atoms with E-state index < -0.39 is 5.97 Å². The van der Waals surface area contributed by atoms with Crippen LogP contribution in [0.1, 0.15) is 34.5 Å². The summed E-state index contributed by atoms with van der Waals surface area (Å²) < 4.78 is 2.33. The van der Waals surface area contributed by atoms with E-state index in [0.717, 1.165) is 27.2 Å². The number of benzene rings is 2. The van der Waals surface area contributed by atoms with Crippen molar-refractivity contribution in [1.82, 2.24) is 14.4 Å². The first-order chi connectivity index (χ1) is 16.3. The summed E-state index contributed by atoms with van der Waals surface area (Å²) >= 11 is 1.13. The highest BCUT2D eigenvalue weighted by Gasteiger charge is 2.17. The first-order valence-corrected chi connectivity index (χ1v) is 11.4. The number of nitrogens with one attached hydrogen (secondary N) is 2. The Balaban J connectivity index is 1.64. The van der Waals surface area contributed by atoms with E-state index >= 15 is 0 Å². The topological polar surface area (TPSA) is 117 Å². The van der Waals surface area contributed by atoms with Crippen LogP contribution in [0.5, 0.6) is 0 Å². The molecule has 9 heteroatoms. The van der Waals surface area contributed by atoms with Gasteiger partial charge < -0.3 is 15.4 Å². The van der Waals surface area contributed by atoms with Crippen LogP contribution in [0, 0.1) is 6.92 Å². The number of aromatic nitrogens is 3. The van der Waals surface area contributed by atoms with Gasteiger partial charge in [0.1, 0.15) is 5.65 Å². The Bertz CT molecular complexity index is 1700. The molecule has 3 aromatic heterocycles. The number of pyridine rings is 1. The number of aryl methyl sites for hydroxylation is 1. The molecule has 0 saturated carbocycles. The predicted molar refractivity (Wildman–Crippen MR) is 133 cm³/mol. The van der Waals surface area contributed by atoms with Crippen molar-refractivity contribution in [3.8, 4) is 11.3 Å². The van der Waals surface area contributed by atoms with Gasteiger partial charge in [-0.05, 0) is 49.7 Å². The Kier molecular flexibility index (Phi) is 5.25. The van der Waals surface area contributed by atoms with E-state index in [1.54, 1.807) is 24.4 Å². The number of thiazole rings is 1. The van der Waals surface area contributed by atoms with Crippen LogP contribution in [-0.2, 0) is 0 Å². The van der Waals surface area contributed by atoms with Crippen LogP contribution in [0.25, 0.3) is 27.1 Å². The van der Waals surface area contributed by atoms with Gasteiger partial charge in [0.05, 0.1) is 27.5 Å². The summed E-state index contributed by atoms with van der Waals surface area (Å²) in [5.74, 6) is -1.03. The molecule has 8 nitrogen and oxygen atoms in total. The molecule has 0 fully saturated rings. The highest BCUT2D eigenvalue weighted by atomic mass is 32.1. The first kappa shape index (κ1) is 21.6. The highest BCUT2D eigenvalue weighted by molar-refractivity contribution is 7.16. The number of para-hydroxylation sites is 1. The van der Waals surface area contributed by atoms with Gasteiger partial charge in [0.25, 0.3) is 5.56 Å². The van der Waals surface area contributed by atoms with Gasteiger partial charge in [-0.15, -0.1) is 0 Å². The minimum Gasteiger partial charge on any atom is -0.478 e. The minimum absolute atomic E-state index is 0.141. The van der Waals surface area contributed by atoms with Gasteiger partial charge in [-0.2, -0.15) is 0 Å². The molecule has 0 spiro atoms. The molecule has 1 atom stereocenters. The van der Waals surface area contributed by atoms with Crippen molar-refractivity contribution in [3.05, 3.63) is 97.5 Å². The van der Waals surface area contributed by atoms with E-state index in [9.17, 15) is 19.5 Å². The maximum atomic E-state index is 13.0. The van der Waals surface area contributed by atoms with Gasteiger partial charge in [0.2, 0.25) is 0 Å². The number of H-pyrrole nitrogens is 1. The van der Waals surface area contributed by atoms with Crippen LogP contribution in [-0.4, -0.2) is 25.4 Å². The Morgan fingerprint density at radius 2 is 1.94 bits per heavy atom. The number of nitrogens with zero attached hydrogens (tertiary/aromatic N) is 2. The Morgan fingerprint density at radius 1 is 1.15 bits per heavy atom. The largest absolute Gasteiger partial charge is 0.478 e. The van der Waals surface area contributed by atoms with E-state index in [1.807, 2.05) is 38.1 Å². The smallest absolute Gasteiger partial charge is 0.337 e. The van der Waals surface area contributed by atoms with E-state index in [1.165, 1.54) is 16.5 Å². The molecular formula is C25H20N4O4S. The molecular weight excluding hydrogens is 452 g/mol. The summed E-state index contributed by atoms with van der Waals surface area (Å²) in [6.07, 6.45) is 1.73. The van der Waals surface area contributed by atoms with Crippen LogP contribution in [0.4, 0.5) is 5.69 Å². The molecule has 0 amide bonds. The number of anilines is 1. The van der Waals surface area contributed by atoms with Crippen LogP contribution < -0.4 is 15.7 Å². The number of carboxylic acids is 1. The number of carbonyl (C=O) groups is 1. The lowest BCUT2D eigenvalue weighted by molar-refractivity contribution is 0.0698. The molecule has 5 rings (SSSR count). The number of aromatic amines is 1. The Labute approximate surface area is 197 Å². The van der Waals surface area contributed by atoms with Crippen molar-refractivity contribution >= 4 is 38.9 Å². The molecule has 2 aromatic carbocycles. The van der Waals surface area contributed by atoms with Crippen LogP contribution in [0.2, 0.25) is 0 Å². The monoisotopic (exact) mass is 472 g/mol. The van der Waals surface area contributed by atoms with E-state index in [0.29, 0.717) is 28.1 Å². The summed E-state index contributed by atoms with van der Waals surface area (Å²) in [6.45, 7) is 3.79. The number of fused-ring (bicyclic) bond motifs is 2. The molecule has 170 valence electrons. The van der Waals surface area contributed by atoms with Crippen molar-refractivity contribution < 1.29 is 9.90 Å². The second kappa shape index (κ2) is 8.27. The quantitative estimate of drug-likeness (QED) is 0.348. The number of hydrogen-bond acceptors (Lipinski definition) is 6. The zero-order valence-electron chi connectivity index (χ0n) is 18.3. The van der Waals surface area contributed by atoms with E-state index in [-0.39, 0.29) is 22.0 Å². The fourth-order valence-electron chi connectivity index (χ4n) is 4.05. The standard InChI is InChI=1S/C25H20N4O4S/c1-13-9-17(14(2)26-18-6-4-3-5-16(18)24(31)32)23-27-19(11-22(30)29(23)12-13)15-7-8-21-20(10-15)28-25(33)34-21/h3-12,14,26H,1-2H3,(H,28,33)(H,31,32)/t14-/m1/s1. The van der Waals surface area contributed by atoms with Crippen LogP contribution in [0.3, 0.4) is 0 Å². The first-order valence-electron chi connectivity index (χ1n) is 10.6. The fourth-order valence-corrected chi connectivity index (χ4v) is 4.77. The molecule has 3 heterocycles. The summed E-state index contributed by atoms with van der Waals surface area (Å²) in [7, 11) is 0. The SMILES string of the molecule is Cc1cc([C@@H](C)Nc2ccccc2C(=O)O)c2nc(-c3ccc4sc(=O)[nH]c4c3)cc(=O)n2c1. The third-order valence-electron chi connectivity index (χ3n) is 5.64. The van der Waals surface area contributed by atoms with Crippen LogP contribution in [0.15, 0.2) is 70.4 Å². The molecule has 0 aliphatic carbocycles. The predicted octanol–water partition coefficient (Wildman–Crippen LogP) is 4.44. The molecule has 0 unspecified atom stereocenters. The van der Waals surface area contributed by atoms with Gasteiger partial charge >= 0.3 is 10.8 Å². The summed E-state index contributed by atoms with van der Waals surface area (Å²) in [5.41, 5.74) is 4.40. The third kappa shape index (κ3) is 3.86. The van der Waals surface area contributed by atoms with Crippen molar-refractivity contribution in [2.75, 3.05) is 5.32 Å². The van der Waals surface area contributed by atoms with Gasteiger partial charge in [-0.3, -0.25) is 14.0 Å². The number of carboxylic acid groups (broad SMARTS) is 1. The van der Waals surface area contributed by atoms with Crippen molar-refractivity contribution in [2.45, 2.75) is 19.9 Å². The normalized spacial score (nSPS) is 12.2. The number of aromatic carboxylic acids is 1. The van der Waals surface area contributed by atoms with Gasteiger partial charge in [0, 0.05) is 29.1 Å². The third-order valence-corrected chi connectivity index (χ3v) is 6.50. The van der Waals surface area contributed by atoms with Gasteiger partial charge in [-0.25, -0.2) is 9.78 Å². The van der Waals surface area contributed by atoms with E-state index in [4.69, 9.17) is 4.98 Å². The lowest BCUT2D eigenvalue weighted by atomic mass is 10.1. The molecule has 0 radical (unpaired) electrons. The zero-order chi connectivity index (χ0) is 24.0. The summed E-state index contributed by atoms with van der Waals surface area (Å²) in [4.78, 5) is 43.8. The zero-order valence-corrected chi connectivity index (χ0v) is 19.1. The maximum Gasteiger partial charge on any atom is 0.337 e. The second-order valence-corrected chi connectivity index (χ2v) is 9.10. The Morgan fingerprint density at radius 3 is 2.74 bits per heavy atom. The molecule has 3 N–H and O–H groups in total. The second-order valence-electron chi connectivity index (χ2n) is 8.09. The van der Waals surface area contributed by atoms with Gasteiger partial charge in [-0.1, -0.05) is 29.5 Å². The highest BCUT2D eigenvalue weighted by Crippen LogP contribution is 2.27.